The van der Waals surface area contributed by atoms with Crippen molar-refractivity contribution in [1.82, 2.24) is 9.80 Å². The highest BCUT2D eigenvalue weighted by Crippen LogP contribution is 2.24. The van der Waals surface area contributed by atoms with E-state index in [9.17, 15) is 4.79 Å². The Morgan fingerprint density at radius 1 is 1.60 bits per heavy atom. The maximum atomic E-state index is 11.5. The van der Waals surface area contributed by atoms with Gasteiger partial charge >= 0.3 is 0 Å². The second-order valence-electron chi connectivity index (χ2n) is 4.33. The second kappa shape index (κ2) is 4.19. The molecule has 1 amide bonds. The summed E-state index contributed by atoms with van der Waals surface area (Å²) >= 11 is 0. The molecule has 0 aromatic rings. The van der Waals surface area contributed by atoms with Crippen molar-refractivity contribution < 1.29 is 4.79 Å². The third kappa shape index (κ3) is 1.84. The van der Waals surface area contributed by atoms with E-state index >= 15 is 0 Å². The van der Waals surface area contributed by atoms with Crippen molar-refractivity contribution in [3.8, 4) is 6.07 Å². The van der Waals surface area contributed by atoms with Crippen molar-refractivity contribution in [3.05, 3.63) is 0 Å². The van der Waals surface area contributed by atoms with Crippen LogP contribution in [0.2, 0.25) is 0 Å². The van der Waals surface area contributed by atoms with E-state index in [1.807, 2.05) is 11.8 Å². The lowest BCUT2D eigenvalue weighted by molar-refractivity contribution is -0.130. The van der Waals surface area contributed by atoms with Crippen molar-refractivity contribution in [2.24, 2.45) is 0 Å². The van der Waals surface area contributed by atoms with Gasteiger partial charge in [-0.25, -0.2) is 0 Å². The van der Waals surface area contributed by atoms with Crippen LogP contribution in [0, 0.1) is 11.3 Å². The van der Waals surface area contributed by atoms with E-state index in [-0.39, 0.29) is 6.04 Å². The lowest BCUT2D eigenvalue weighted by Gasteiger charge is -2.39. The van der Waals surface area contributed by atoms with Crippen LogP contribution in [0.1, 0.15) is 26.2 Å². The first-order chi connectivity index (χ1) is 7.26. The van der Waals surface area contributed by atoms with Crippen LogP contribution >= 0.6 is 0 Å². The van der Waals surface area contributed by atoms with Crippen LogP contribution in [0.3, 0.4) is 0 Å². The van der Waals surface area contributed by atoms with Crippen LogP contribution in [0.4, 0.5) is 0 Å². The van der Waals surface area contributed by atoms with E-state index in [1.165, 1.54) is 0 Å². The first-order valence-electron chi connectivity index (χ1n) is 5.69. The highest BCUT2D eigenvalue weighted by molar-refractivity contribution is 5.78. The predicted octanol–water partition coefficient (Wildman–Crippen LogP) is 0.595. The van der Waals surface area contributed by atoms with Gasteiger partial charge in [-0.3, -0.25) is 9.69 Å². The van der Waals surface area contributed by atoms with Gasteiger partial charge in [-0.05, 0) is 12.8 Å². The van der Waals surface area contributed by atoms with Gasteiger partial charge in [-0.2, -0.15) is 5.26 Å². The van der Waals surface area contributed by atoms with Crippen LogP contribution < -0.4 is 0 Å². The molecule has 4 heteroatoms. The number of nitrogens with zero attached hydrogens (tertiary/aromatic N) is 3. The Bertz CT molecular complexity index is 297. The normalized spacial score (nSPS) is 28.7. The molecule has 0 aliphatic carbocycles. The predicted molar refractivity (Wildman–Crippen MR) is 56.0 cm³/mol. The number of rotatable bonds is 2. The molecule has 15 heavy (non-hydrogen) atoms. The van der Waals surface area contributed by atoms with Gasteiger partial charge in [0.2, 0.25) is 5.91 Å². The van der Waals surface area contributed by atoms with Crippen LogP contribution in [-0.4, -0.2) is 47.4 Å². The number of hydrogen-bond donors (Lipinski definition) is 0. The molecule has 0 spiro atoms. The third-order valence-electron chi connectivity index (χ3n) is 3.50. The summed E-state index contributed by atoms with van der Waals surface area (Å²) < 4.78 is 0. The van der Waals surface area contributed by atoms with Gasteiger partial charge in [0, 0.05) is 32.1 Å². The molecule has 4 nitrogen and oxygen atoms in total. The van der Waals surface area contributed by atoms with E-state index in [0.29, 0.717) is 18.4 Å². The summed E-state index contributed by atoms with van der Waals surface area (Å²) in [5, 5.41) is 9.00. The van der Waals surface area contributed by atoms with E-state index in [4.69, 9.17) is 5.26 Å². The minimum Gasteiger partial charge on any atom is -0.337 e. The molecule has 0 saturated carbocycles. The maximum Gasteiger partial charge on any atom is 0.222 e. The van der Waals surface area contributed by atoms with E-state index in [1.54, 1.807) is 0 Å². The van der Waals surface area contributed by atoms with Gasteiger partial charge in [0.05, 0.1) is 12.1 Å². The molecule has 0 N–H and O–H groups in total. The Balaban J connectivity index is 1.99. The monoisotopic (exact) mass is 207 g/mol. The molecular formula is C11H17N3O. The maximum absolute atomic E-state index is 11.5. The molecular weight excluding hydrogens is 190 g/mol. The van der Waals surface area contributed by atoms with Crippen LogP contribution in [-0.2, 0) is 4.79 Å². The van der Waals surface area contributed by atoms with E-state index in [0.717, 1.165) is 32.5 Å². The standard InChI is InChI=1S/C11H17N3O/c1-2-9(7-12)13-5-6-14-10(8-13)3-4-11(14)15/h9-10H,2-6,8H2,1H3. The number of nitriles is 1. The average Bonchev–Trinajstić information content (AvgIpc) is 2.62. The summed E-state index contributed by atoms with van der Waals surface area (Å²) in [7, 11) is 0. The molecule has 0 radical (unpaired) electrons. The fraction of sp³-hybridized carbons (Fsp3) is 0.818. The summed E-state index contributed by atoms with van der Waals surface area (Å²) in [4.78, 5) is 15.7. The molecule has 2 saturated heterocycles. The van der Waals surface area contributed by atoms with Gasteiger partial charge in [0.1, 0.15) is 0 Å². The Hall–Kier alpha value is -1.08. The van der Waals surface area contributed by atoms with Gasteiger partial charge in [0.15, 0.2) is 0 Å². The zero-order valence-electron chi connectivity index (χ0n) is 9.15. The fourth-order valence-corrected chi connectivity index (χ4v) is 2.60. The summed E-state index contributed by atoms with van der Waals surface area (Å²) in [5.41, 5.74) is 0. The lowest BCUT2D eigenvalue weighted by Crippen LogP contribution is -2.54. The topological polar surface area (TPSA) is 47.3 Å². The zero-order chi connectivity index (χ0) is 10.8. The van der Waals surface area contributed by atoms with Crippen molar-refractivity contribution in [2.45, 2.75) is 38.3 Å². The first-order valence-corrected chi connectivity index (χ1v) is 5.69. The van der Waals surface area contributed by atoms with Crippen molar-refractivity contribution in [3.63, 3.8) is 0 Å². The molecule has 0 aromatic carbocycles. The highest BCUT2D eigenvalue weighted by Gasteiger charge is 2.36. The molecule has 2 atom stereocenters. The molecule has 2 heterocycles. The summed E-state index contributed by atoms with van der Waals surface area (Å²) in [5.74, 6) is 0.296. The van der Waals surface area contributed by atoms with Crippen LogP contribution in [0.25, 0.3) is 0 Å². The fourth-order valence-electron chi connectivity index (χ4n) is 2.60. The Kier molecular flexibility index (Phi) is 2.92. The lowest BCUT2D eigenvalue weighted by atomic mass is 10.1. The summed E-state index contributed by atoms with van der Waals surface area (Å²) in [6.07, 6.45) is 2.54. The van der Waals surface area contributed by atoms with E-state index in [2.05, 4.69) is 11.0 Å². The number of hydrogen-bond acceptors (Lipinski definition) is 3. The van der Waals surface area contributed by atoms with Crippen LogP contribution in [0.15, 0.2) is 0 Å². The second-order valence-corrected chi connectivity index (χ2v) is 4.33. The summed E-state index contributed by atoms with van der Waals surface area (Å²) in [6.45, 7) is 4.59. The quantitative estimate of drug-likeness (QED) is 0.666. The number of fused-ring (bicyclic) bond motifs is 1. The molecule has 2 aliphatic heterocycles. The van der Waals surface area contributed by atoms with Crippen LogP contribution in [0.5, 0.6) is 0 Å². The Morgan fingerprint density at radius 2 is 2.40 bits per heavy atom. The van der Waals surface area contributed by atoms with Gasteiger partial charge < -0.3 is 4.90 Å². The molecule has 2 aliphatic rings. The highest BCUT2D eigenvalue weighted by atomic mass is 16.2. The summed E-state index contributed by atoms with van der Waals surface area (Å²) in [6, 6.07) is 2.73. The molecule has 2 unspecified atom stereocenters. The van der Waals surface area contributed by atoms with Gasteiger partial charge in [-0.1, -0.05) is 6.92 Å². The molecule has 0 aromatic heterocycles. The number of amides is 1. The van der Waals surface area contributed by atoms with Gasteiger partial charge in [0.25, 0.3) is 0 Å². The number of carbonyl (C=O) groups is 1. The minimum atomic E-state index is 0.0304. The average molecular weight is 207 g/mol. The minimum absolute atomic E-state index is 0.0304. The molecule has 2 fully saturated rings. The third-order valence-corrected chi connectivity index (χ3v) is 3.50. The Morgan fingerprint density at radius 3 is 3.07 bits per heavy atom. The first kappa shape index (κ1) is 10.4. The van der Waals surface area contributed by atoms with Gasteiger partial charge in [-0.15, -0.1) is 0 Å². The van der Waals surface area contributed by atoms with Crippen molar-refractivity contribution >= 4 is 5.91 Å². The largest absolute Gasteiger partial charge is 0.337 e. The molecule has 0 bridgehead atoms. The molecule has 2 rings (SSSR count). The van der Waals surface area contributed by atoms with Crippen molar-refractivity contribution in [1.29, 1.82) is 5.26 Å². The number of carbonyl (C=O) groups excluding carboxylic acids is 1. The molecule has 82 valence electrons. The Labute approximate surface area is 90.5 Å². The number of piperazine rings is 1. The van der Waals surface area contributed by atoms with Crippen molar-refractivity contribution in [2.75, 3.05) is 19.6 Å². The van der Waals surface area contributed by atoms with E-state index < -0.39 is 0 Å². The smallest absolute Gasteiger partial charge is 0.222 e. The zero-order valence-corrected chi connectivity index (χ0v) is 9.15. The SMILES string of the molecule is CCC(C#N)N1CCN2C(=O)CCC2C1.